The van der Waals surface area contributed by atoms with Crippen molar-refractivity contribution < 1.29 is 0 Å². The molecule has 102 valence electrons. The molecule has 3 rings (SSSR count). The number of hydrogen-bond donors (Lipinski definition) is 1. The molecular weight excluding hydrogens is 250 g/mol. The molecule has 1 aromatic heterocycles. The minimum absolute atomic E-state index is 0.238. The Bertz CT molecular complexity index is 570. The second-order valence-corrected chi connectivity index (χ2v) is 7.59. The van der Waals surface area contributed by atoms with Crippen molar-refractivity contribution in [2.24, 2.45) is 0 Å². The van der Waals surface area contributed by atoms with E-state index in [1.165, 1.54) is 41.6 Å². The fourth-order valence-corrected chi connectivity index (χ4v) is 3.99. The molecule has 1 aromatic carbocycles. The molecule has 0 spiro atoms. The van der Waals surface area contributed by atoms with Gasteiger partial charge >= 0.3 is 0 Å². The zero-order chi connectivity index (χ0) is 13.5. The van der Waals surface area contributed by atoms with Gasteiger partial charge in [-0.15, -0.1) is 11.3 Å². The molecule has 1 nitrogen and oxygen atoms in total. The van der Waals surface area contributed by atoms with Crippen LogP contribution in [0.1, 0.15) is 50.7 Å². The largest absolute Gasteiger partial charge is 0.317 e. The Balaban J connectivity index is 2.05. The summed E-state index contributed by atoms with van der Waals surface area (Å²) in [6.45, 7) is 9.22. The molecule has 0 atom stereocenters. The summed E-state index contributed by atoms with van der Waals surface area (Å²) in [6, 6.07) is 7.04. The molecule has 1 N–H and O–H groups in total. The zero-order valence-electron chi connectivity index (χ0n) is 12.1. The molecule has 1 fully saturated rings. The van der Waals surface area contributed by atoms with Crippen LogP contribution < -0.4 is 5.32 Å². The molecule has 2 heterocycles. The summed E-state index contributed by atoms with van der Waals surface area (Å²) in [5.41, 5.74) is 3.28. The number of rotatable bonds is 1. The Morgan fingerprint density at radius 2 is 1.89 bits per heavy atom. The van der Waals surface area contributed by atoms with Crippen LogP contribution in [0.2, 0.25) is 0 Å². The fraction of sp³-hybridized carbons (Fsp3) is 0.529. The predicted octanol–water partition coefficient (Wildman–Crippen LogP) is 4.67. The Morgan fingerprint density at radius 3 is 2.58 bits per heavy atom. The third-order valence-corrected chi connectivity index (χ3v) is 5.23. The third kappa shape index (κ3) is 2.56. The van der Waals surface area contributed by atoms with Crippen LogP contribution in [0.3, 0.4) is 0 Å². The predicted molar refractivity (Wildman–Crippen MR) is 85.4 cm³/mol. The highest BCUT2D eigenvalue weighted by molar-refractivity contribution is 7.17. The molecule has 2 aromatic rings. The van der Waals surface area contributed by atoms with Gasteiger partial charge in [0, 0.05) is 4.70 Å². The van der Waals surface area contributed by atoms with E-state index in [2.05, 4.69) is 49.7 Å². The van der Waals surface area contributed by atoms with Gasteiger partial charge < -0.3 is 5.32 Å². The van der Waals surface area contributed by atoms with E-state index in [-0.39, 0.29) is 5.41 Å². The van der Waals surface area contributed by atoms with Gasteiger partial charge in [-0.1, -0.05) is 26.8 Å². The summed E-state index contributed by atoms with van der Waals surface area (Å²) < 4.78 is 1.45. The van der Waals surface area contributed by atoms with Crippen molar-refractivity contribution in [2.75, 3.05) is 13.1 Å². The van der Waals surface area contributed by atoms with Crippen molar-refractivity contribution >= 4 is 21.4 Å². The van der Waals surface area contributed by atoms with Crippen molar-refractivity contribution in [1.29, 1.82) is 0 Å². The third-order valence-electron chi connectivity index (χ3n) is 4.25. The monoisotopic (exact) mass is 273 g/mol. The van der Waals surface area contributed by atoms with E-state index in [9.17, 15) is 0 Å². The van der Waals surface area contributed by atoms with E-state index in [1.54, 1.807) is 5.56 Å². The van der Waals surface area contributed by atoms with Gasteiger partial charge in [-0.05, 0) is 71.3 Å². The summed E-state index contributed by atoms with van der Waals surface area (Å²) in [5, 5.41) is 7.36. The Kier molecular flexibility index (Phi) is 3.40. The minimum Gasteiger partial charge on any atom is -0.317 e. The zero-order valence-corrected chi connectivity index (χ0v) is 12.9. The molecule has 19 heavy (non-hydrogen) atoms. The highest BCUT2D eigenvalue weighted by Crippen LogP contribution is 2.37. The molecule has 0 aliphatic carbocycles. The molecule has 1 aliphatic heterocycles. The lowest BCUT2D eigenvalue weighted by molar-refractivity contribution is 0.463. The average molecular weight is 273 g/mol. The fourth-order valence-electron chi connectivity index (χ4n) is 2.96. The lowest BCUT2D eigenvalue weighted by atomic mass is 9.84. The number of hydrogen-bond acceptors (Lipinski definition) is 2. The van der Waals surface area contributed by atoms with Crippen LogP contribution in [0.25, 0.3) is 10.1 Å². The van der Waals surface area contributed by atoms with Gasteiger partial charge in [0.2, 0.25) is 0 Å². The molecular formula is C17H23NS. The number of thiophene rings is 1. The van der Waals surface area contributed by atoms with Crippen molar-refractivity contribution in [3.8, 4) is 0 Å². The summed E-state index contributed by atoms with van der Waals surface area (Å²) in [5.74, 6) is 0.755. The SMILES string of the molecule is CC(C)(C)c1ccc2scc(C3CCNCC3)c2c1. The first kappa shape index (κ1) is 13.1. The topological polar surface area (TPSA) is 12.0 Å². The Labute approximate surface area is 120 Å². The molecule has 1 saturated heterocycles. The van der Waals surface area contributed by atoms with Gasteiger partial charge in [0.25, 0.3) is 0 Å². The Morgan fingerprint density at radius 1 is 1.16 bits per heavy atom. The van der Waals surface area contributed by atoms with Crippen LogP contribution in [0, 0.1) is 0 Å². The summed E-state index contributed by atoms with van der Waals surface area (Å²) >= 11 is 1.91. The first-order chi connectivity index (χ1) is 9.05. The number of fused-ring (bicyclic) bond motifs is 1. The standard InChI is InChI=1S/C17H23NS/c1-17(2,3)13-4-5-16-14(10-13)15(11-19-16)12-6-8-18-9-7-12/h4-5,10-12,18H,6-9H2,1-3H3. The van der Waals surface area contributed by atoms with E-state index in [1.807, 2.05) is 11.3 Å². The first-order valence-electron chi connectivity index (χ1n) is 7.28. The van der Waals surface area contributed by atoms with Gasteiger partial charge in [0.15, 0.2) is 0 Å². The van der Waals surface area contributed by atoms with E-state index in [0.717, 1.165) is 5.92 Å². The van der Waals surface area contributed by atoms with Crippen molar-refractivity contribution in [3.05, 3.63) is 34.7 Å². The quantitative estimate of drug-likeness (QED) is 0.796. The molecule has 0 amide bonds. The second kappa shape index (κ2) is 4.92. The van der Waals surface area contributed by atoms with Gasteiger partial charge in [0.05, 0.1) is 0 Å². The van der Waals surface area contributed by atoms with Crippen molar-refractivity contribution in [3.63, 3.8) is 0 Å². The smallest absolute Gasteiger partial charge is 0.0345 e. The number of nitrogens with one attached hydrogen (secondary N) is 1. The lowest BCUT2D eigenvalue weighted by Gasteiger charge is -2.23. The van der Waals surface area contributed by atoms with Gasteiger partial charge in [0.1, 0.15) is 0 Å². The van der Waals surface area contributed by atoms with Crippen LogP contribution in [-0.4, -0.2) is 13.1 Å². The first-order valence-corrected chi connectivity index (χ1v) is 8.16. The van der Waals surface area contributed by atoms with Crippen LogP contribution in [0.5, 0.6) is 0 Å². The maximum Gasteiger partial charge on any atom is 0.0345 e. The molecule has 0 saturated carbocycles. The highest BCUT2D eigenvalue weighted by atomic mass is 32.1. The van der Waals surface area contributed by atoms with Gasteiger partial charge in [-0.25, -0.2) is 0 Å². The highest BCUT2D eigenvalue weighted by Gasteiger charge is 2.20. The molecule has 1 aliphatic rings. The molecule has 0 bridgehead atoms. The molecule has 2 heteroatoms. The van der Waals surface area contributed by atoms with Gasteiger partial charge in [-0.2, -0.15) is 0 Å². The van der Waals surface area contributed by atoms with Crippen LogP contribution in [-0.2, 0) is 5.41 Å². The van der Waals surface area contributed by atoms with Crippen LogP contribution in [0.15, 0.2) is 23.6 Å². The van der Waals surface area contributed by atoms with Crippen molar-refractivity contribution in [1.82, 2.24) is 5.32 Å². The summed E-state index contributed by atoms with van der Waals surface area (Å²) in [6.07, 6.45) is 2.57. The second-order valence-electron chi connectivity index (χ2n) is 6.68. The number of piperidine rings is 1. The lowest BCUT2D eigenvalue weighted by Crippen LogP contribution is -2.26. The van der Waals surface area contributed by atoms with Crippen molar-refractivity contribution in [2.45, 2.75) is 44.9 Å². The normalized spacial score (nSPS) is 18.1. The van der Waals surface area contributed by atoms with Crippen LogP contribution in [0.4, 0.5) is 0 Å². The molecule has 0 radical (unpaired) electrons. The minimum atomic E-state index is 0.238. The van der Waals surface area contributed by atoms with Gasteiger partial charge in [-0.3, -0.25) is 0 Å². The Hall–Kier alpha value is -0.860. The van der Waals surface area contributed by atoms with E-state index in [4.69, 9.17) is 0 Å². The van der Waals surface area contributed by atoms with E-state index < -0.39 is 0 Å². The molecule has 0 unspecified atom stereocenters. The average Bonchev–Trinajstić information content (AvgIpc) is 2.81. The van der Waals surface area contributed by atoms with E-state index in [0.29, 0.717) is 0 Å². The van der Waals surface area contributed by atoms with Crippen LogP contribution >= 0.6 is 11.3 Å². The number of benzene rings is 1. The maximum absolute atomic E-state index is 3.46. The summed E-state index contributed by atoms with van der Waals surface area (Å²) in [7, 11) is 0. The maximum atomic E-state index is 3.46. The van der Waals surface area contributed by atoms with E-state index >= 15 is 0 Å². The summed E-state index contributed by atoms with van der Waals surface area (Å²) in [4.78, 5) is 0.